The van der Waals surface area contributed by atoms with Crippen molar-refractivity contribution in [1.82, 2.24) is 9.96 Å². The summed E-state index contributed by atoms with van der Waals surface area (Å²) >= 11 is 11.9. The average Bonchev–Trinajstić information content (AvgIpc) is 2.64. The van der Waals surface area contributed by atoms with Crippen molar-refractivity contribution in [1.29, 1.82) is 0 Å². The zero-order valence-electron chi connectivity index (χ0n) is 14.1. The lowest BCUT2D eigenvalue weighted by Crippen LogP contribution is -2.47. The molecule has 0 aromatic heterocycles. The molecule has 2 aromatic carbocycles. The molecule has 0 radical (unpaired) electrons. The Morgan fingerprint density at radius 3 is 2.41 bits per heavy atom. The Balaban J connectivity index is 1.90. The van der Waals surface area contributed by atoms with E-state index in [0.29, 0.717) is 26.2 Å². The first-order valence-electron chi connectivity index (χ1n) is 8.08. The fourth-order valence-corrected chi connectivity index (χ4v) is 4.55. The topological polar surface area (TPSA) is 90.0 Å². The van der Waals surface area contributed by atoms with E-state index < -0.39 is 10.0 Å². The van der Waals surface area contributed by atoms with Crippen LogP contribution in [0.2, 0.25) is 10.0 Å². The van der Waals surface area contributed by atoms with Crippen molar-refractivity contribution in [2.75, 3.05) is 30.9 Å². The summed E-state index contributed by atoms with van der Waals surface area (Å²) in [4.78, 5) is 14.2. The molecule has 2 aromatic rings. The summed E-state index contributed by atoms with van der Waals surface area (Å²) in [5.41, 5.74) is 0.357. The van der Waals surface area contributed by atoms with Crippen LogP contribution in [0.25, 0.3) is 0 Å². The molecule has 0 atom stereocenters. The van der Waals surface area contributed by atoms with Gasteiger partial charge in [0.2, 0.25) is 0 Å². The molecule has 1 saturated heterocycles. The van der Waals surface area contributed by atoms with E-state index in [1.165, 1.54) is 24.3 Å². The number of anilines is 1. The smallest absolute Gasteiger partial charge is 0.263 e. The average molecular weight is 430 g/mol. The summed E-state index contributed by atoms with van der Waals surface area (Å²) in [6.07, 6.45) is 0. The van der Waals surface area contributed by atoms with Crippen molar-refractivity contribution < 1.29 is 18.4 Å². The molecule has 144 valence electrons. The first-order chi connectivity index (χ1) is 12.8. The number of nitrogens with zero attached hydrogens (tertiary/aromatic N) is 2. The molecule has 7 nitrogen and oxygen atoms in total. The van der Waals surface area contributed by atoms with Crippen LogP contribution >= 0.6 is 23.2 Å². The minimum absolute atomic E-state index is 0.0229. The number of hydrogen-bond acceptors (Lipinski definition) is 5. The molecule has 1 heterocycles. The normalized spacial score (nSPS) is 15.6. The molecule has 0 aliphatic carbocycles. The molecule has 0 saturated carbocycles. The Bertz CT molecular complexity index is 960. The van der Waals surface area contributed by atoms with Gasteiger partial charge in [0.05, 0.1) is 16.3 Å². The highest BCUT2D eigenvalue weighted by Gasteiger charge is 2.25. The lowest BCUT2D eigenvalue weighted by molar-refractivity contribution is -0.112. The van der Waals surface area contributed by atoms with E-state index >= 15 is 0 Å². The van der Waals surface area contributed by atoms with Crippen LogP contribution in [-0.2, 0) is 10.0 Å². The molecule has 3 rings (SSSR count). The van der Waals surface area contributed by atoms with Crippen LogP contribution in [0.1, 0.15) is 10.4 Å². The second-order valence-electron chi connectivity index (χ2n) is 5.97. The number of para-hydroxylation sites is 1. The Hall–Kier alpha value is -1.84. The van der Waals surface area contributed by atoms with Crippen LogP contribution in [0, 0.1) is 0 Å². The standard InChI is InChI=1S/C17H17Cl2N3O4S/c18-12-5-6-14(19)16(11-12)27(25,26)20-15-4-2-1-3-13(15)17(23)21-7-9-22(24)10-8-21/h1-6,11,20,24H,7-10H2. The molecule has 10 heteroatoms. The van der Waals surface area contributed by atoms with Crippen LogP contribution in [0.15, 0.2) is 47.4 Å². The predicted molar refractivity (Wildman–Crippen MR) is 103 cm³/mol. The third-order valence-electron chi connectivity index (χ3n) is 4.13. The number of hydroxylamine groups is 2. The van der Waals surface area contributed by atoms with Gasteiger partial charge in [-0.1, -0.05) is 35.3 Å². The summed E-state index contributed by atoms with van der Waals surface area (Å²) < 4.78 is 27.9. The summed E-state index contributed by atoms with van der Waals surface area (Å²) in [6.45, 7) is 1.35. The molecule has 1 fully saturated rings. The highest BCUT2D eigenvalue weighted by Crippen LogP contribution is 2.28. The second kappa shape index (κ2) is 8.04. The van der Waals surface area contributed by atoms with E-state index in [9.17, 15) is 18.4 Å². The number of halogens is 2. The number of benzene rings is 2. The molecular weight excluding hydrogens is 413 g/mol. The van der Waals surface area contributed by atoms with Crippen molar-refractivity contribution in [3.8, 4) is 0 Å². The summed E-state index contributed by atoms with van der Waals surface area (Å²) in [7, 11) is -4.05. The molecule has 0 unspecified atom stereocenters. The molecule has 1 amide bonds. The van der Waals surface area contributed by atoms with Gasteiger partial charge >= 0.3 is 0 Å². The van der Waals surface area contributed by atoms with E-state index in [1.54, 1.807) is 23.1 Å². The minimum Gasteiger partial charge on any atom is -0.336 e. The second-order valence-corrected chi connectivity index (χ2v) is 8.47. The van der Waals surface area contributed by atoms with Crippen molar-refractivity contribution in [3.63, 3.8) is 0 Å². The van der Waals surface area contributed by atoms with Gasteiger partial charge in [0, 0.05) is 31.2 Å². The van der Waals surface area contributed by atoms with E-state index in [2.05, 4.69) is 4.72 Å². The largest absolute Gasteiger partial charge is 0.336 e. The number of carbonyl (C=O) groups excluding carboxylic acids is 1. The molecular formula is C17H17Cl2N3O4S. The Labute approximate surface area is 167 Å². The van der Waals surface area contributed by atoms with Gasteiger partial charge in [0.1, 0.15) is 4.90 Å². The Morgan fingerprint density at radius 1 is 1.04 bits per heavy atom. The summed E-state index contributed by atoms with van der Waals surface area (Å²) in [6, 6.07) is 10.5. The number of amides is 1. The molecule has 1 aliphatic rings. The predicted octanol–water partition coefficient (Wildman–Crippen LogP) is 2.94. The van der Waals surface area contributed by atoms with Crippen LogP contribution in [0.4, 0.5) is 5.69 Å². The van der Waals surface area contributed by atoms with Crippen molar-refractivity contribution in [3.05, 3.63) is 58.1 Å². The van der Waals surface area contributed by atoms with Gasteiger partial charge in [-0.2, -0.15) is 5.06 Å². The van der Waals surface area contributed by atoms with Gasteiger partial charge in [-0.15, -0.1) is 0 Å². The van der Waals surface area contributed by atoms with Crippen molar-refractivity contribution in [2.24, 2.45) is 0 Å². The number of nitrogens with one attached hydrogen (secondary N) is 1. The van der Waals surface area contributed by atoms with Crippen LogP contribution in [0.3, 0.4) is 0 Å². The van der Waals surface area contributed by atoms with Crippen LogP contribution in [-0.4, -0.2) is 55.7 Å². The van der Waals surface area contributed by atoms with Gasteiger partial charge in [0.25, 0.3) is 15.9 Å². The van der Waals surface area contributed by atoms with Gasteiger partial charge < -0.3 is 10.1 Å². The lowest BCUT2D eigenvalue weighted by Gasteiger charge is -2.31. The minimum atomic E-state index is -4.05. The monoisotopic (exact) mass is 429 g/mol. The molecule has 0 spiro atoms. The van der Waals surface area contributed by atoms with Gasteiger partial charge in [0.15, 0.2) is 0 Å². The maximum absolute atomic E-state index is 12.8. The third-order valence-corrected chi connectivity index (χ3v) is 6.21. The van der Waals surface area contributed by atoms with Gasteiger partial charge in [-0.05, 0) is 30.3 Å². The lowest BCUT2D eigenvalue weighted by atomic mass is 10.1. The molecule has 0 bridgehead atoms. The Kier molecular flexibility index (Phi) is 5.92. The van der Waals surface area contributed by atoms with E-state index in [-0.39, 0.29) is 32.1 Å². The SMILES string of the molecule is O=C(c1ccccc1NS(=O)(=O)c1cc(Cl)ccc1Cl)N1CCN(O)CC1. The number of carbonyl (C=O) groups is 1. The highest BCUT2D eigenvalue weighted by molar-refractivity contribution is 7.92. The third kappa shape index (κ3) is 4.53. The van der Waals surface area contributed by atoms with E-state index in [4.69, 9.17) is 23.2 Å². The number of rotatable bonds is 4. The zero-order valence-corrected chi connectivity index (χ0v) is 16.4. The van der Waals surface area contributed by atoms with Crippen molar-refractivity contribution >= 4 is 44.8 Å². The quantitative estimate of drug-likeness (QED) is 0.779. The Morgan fingerprint density at radius 2 is 1.70 bits per heavy atom. The number of sulfonamides is 1. The molecule has 1 aliphatic heterocycles. The first kappa shape index (κ1) is 19.9. The van der Waals surface area contributed by atoms with Crippen LogP contribution in [0.5, 0.6) is 0 Å². The summed E-state index contributed by atoms with van der Waals surface area (Å²) in [5, 5.41) is 10.8. The zero-order chi connectivity index (χ0) is 19.6. The van der Waals surface area contributed by atoms with Crippen molar-refractivity contribution in [2.45, 2.75) is 4.90 Å². The van der Waals surface area contributed by atoms with Gasteiger partial charge in [-0.3, -0.25) is 9.52 Å². The van der Waals surface area contributed by atoms with E-state index in [0.717, 1.165) is 5.06 Å². The first-order valence-corrected chi connectivity index (χ1v) is 10.3. The maximum atomic E-state index is 12.8. The number of hydrogen-bond donors (Lipinski definition) is 2. The van der Waals surface area contributed by atoms with E-state index in [1.807, 2.05) is 0 Å². The van der Waals surface area contributed by atoms with Crippen LogP contribution < -0.4 is 4.72 Å². The number of piperazine rings is 1. The summed E-state index contributed by atoms with van der Waals surface area (Å²) in [5.74, 6) is -0.321. The fourth-order valence-electron chi connectivity index (χ4n) is 2.71. The highest BCUT2D eigenvalue weighted by atomic mass is 35.5. The molecule has 2 N–H and O–H groups in total. The molecule has 27 heavy (non-hydrogen) atoms. The van der Waals surface area contributed by atoms with Gasteiger partial charge in [-0.25, -0.2) is 8.42 Å². The fraction of sp³-hybridized carbons (Fsp3) is 0.235. The maximum Gasteiger partial charge on any atom is 0.263 e.